The summed E-state index contributed by atoms with van der Waals surface area (Å²) in [5.41, 5.74) is 8.16. The number of carbonyl (C=O) groups is 1. The van der Waals surface area contributed by atoms with Gasteiger partial charge in [-0.1, -0.05) is 60.7 Å². The van der Waals surface area contributed by atoms with E-state index in [0.29, 0.717) is 68.9 Å². The largest absolute Gasteiger partial charge is 0.489 e. The van der Waals surface area contributed by atoms with Gasteiger partial charge in [0.1, 0.15) is 30.8 Å². The van der Waals surface area contributed by atoms with Crippen LogP contribution in [0.3, 0.4) is 0 Å². The number of H-pyrrole nitrogens is 1. The molecule has 0 aliphatic carbocycles. The number of allylic oxidation sites excluding steroid dienone is 2. The van der Waals surface area contributed by atoms with Crippen LogP contribution in [0, 0.1) is 31.8 Å². The highest BCUT2D eigenvalue weighted by Crippen LogP contribution is 2.42. The minimum atomic E-state index is -0.533. The van der Waals surface area contributed by atoms with E-state index < -0.39 is 5.97 Å². The van der Waals surface area contributed by atoms with E-state index in [1.165, 1.54) is 0 Å². The van der Waals surface area contributed by atoms with E-state index in [1.807, 2.05) is 93.6 Å². The lowest BCUT2D eigenvalue weighted by Gasteiger charge is -2.18. The molecular formula is C37H32N4O4. The van der Waals surface area contributed by atoms with E-state index in [0.717, 1.165) is 16.7 Å². The Morgan fingerprint density at radius 1 is 0.933 bits per heavy atom. The van der Waals surface area contributed by atoms with Crippen LogP contribution in [0.25, 0.3) is 10.4 Å². The number of rotatable bonds is 10. The molecule has 224 valence electrons. The molecule has 4 aromatic rings. The quantitative estimate of drug-likeness (QED) is 0.150. The number of aromatic amines is 1. The lowest BCUT2D eigenvalue weighted by Crippen LogP contribution is -2.15. The molecule has 1 N–H and O–H groups in total. The zero-order valence-electron chi connectivity index (χ0n) is 25.6. The molecule has 45 heavy (non-hydrogen) atoms. The lowest BCUT2D eigenvalue weighted by molar-refractivity contribution is -0.147. The molecular weight excluding hydrogens is 564 g/mol. The Bertz CT molecular complexity index is 1920. The molecule has 0 radical (unpaired) electrons. The van der Waals surface area contributed by atoms with Crippen LogP contribution >= 0.6 is 0 Å². The van der Waals surface area contributed by atoms with Crippen molar-refractivity contribution in [3.63, 3.8) is 0 Å². The Morgan fingerprint density at radius 2 is 1.60 bits per heavy atom. The van der Waals surface area contributed by atoms with Crippen LogP contribution in [-0.2, 0) is 22.7 Å². The number of nitriles is 1. The summed E-state index contributed by atoms with van der Waals surface area (Å²) in [6.45, 7) is 15.2. The van der Waals surface area contributed by atoms with E-state index in [2.05, 4.69) is 15.9 Å². The number of carbonyl (C=O) groups excluding carboxylic acids is 1. The highest BCUT2D eigenvalue weighted by atomic mass is 16.6. The first-order valence-corrected chi connectivity index (χ1v) is 14.4. The van der Waals surface area contributed by atoms with E-state index in [1.54, 1.807) is 13.0 Å². The van der Waals surface area contributed by atoms with Gasteiger partial charge in [0.2, 0.25) is 5.70 Å². The molecule has 0 saturated carbocycles. The van der Waals surface area contributed by atoms with Gasteiger partial charge in [0.15, 0.2) is 6.61 Å². The lowest BCUT2D eigenvalue weighted by atomic mass is 9.94. The SMILES string of the molecule is [C-]#[N+]C1=C(C)/C(=C(\c2ccc(OCc3ccccc3)cc2OCC(=O)OCc2ccccc2)c2[nH]c(C)c(C#N)c2C)N=C1C. The molecule has 0 atom stereocenters. The maximum Gasteiger partial charge on any atom is 0.344 e. The summed E-state index contributed by atoms with van der Waals surface area (Å²) >= 11 is 0. The first-order valence-electron chi connectivity index (χ1n) is 14.4. The number of nitrogens with zero attached hydrogens (tertiary/aromatic N) is 3. The first-order chi connectivity index (χ1) is 21.8. The minimum absolute atomic E-state index is 0.126. The summed E-state index contributed by atoms with van der Waals surface area (Å²) in [6, 6.07) is 26.9. The standard InChI is InChI=1S/C37H32N4O4/c1-23-31(19-38)25(3)40-36(23)34(37-24(2)35(39-5)26(4)41-37)30-17-16-29(43-20-27-12-8-6-9-13-27)18-32(30)44-22-33(42)45-21-28-14-10-7-11-15-28/h6-18,40H,20-22H2,1-4H3/b37-34-. The molecule has 0 saturated heterocycles. The number of aryl methyl sites for hydroxylation is 1. The van der Waals surface area contributed by atoms with Crippen molar-refractivity contribution in [3.05, 3.63) is 146 Å². The Hall–Kier alpha value is -5.86. The van der Waals surface area contributed by atoms with E-state index in [-0.39, 0.29) is 13.2 Å². The van der Waals surface area contributed by atoms with Gasteiger partial charge < -0.3 is 19.2 Å². The summed E-state index contributed by atoms with van der Waals surface area (Å²) < 4.78 is 17.7. The Kier molecular flexibility index (Phi) is 9.26. The Labute approximate surface area is 262 Å². The third kappa shape index (κ3) is 6.71. The number of ether oxygens (including phenoxy) is 3. The zero-order chi connectivity index (χ0) is 31.9. The maximum atomic E-state index is 12.8. The summed E-state index contributed by atoms with van der Waals surface area (Å²) in [7, 11) is 0. The van der Waals surface area contributed by atoms with Gasteiger partial charge in [0, 0.05) is 28.6 Å². The predicted octanol–water partition coefficient (Wildman–Crippen LogP) is 7.63. The molecule has 5 rings (SSSR count). The molecule has 0 bridgehead atoms. The summed E-state index contributed by atoms with van der Waals surface area (Å²) in [5.74, 6) is 0.369. The average Bonchev–Trinajstić information content (AvgIpc) is 3.51. The van der Waals surface area contributed by atoms with Crippen LogP contribution in [0.15, 0.2) is 101 Å². The van der Waals surface area contributed by atoms with Gasteiger partial charge in [0.25, 0.3) is 0 Å². The zero-order valence-corrected chi connectivity index (χ0v) is 25.6. The second-order valence-corrected chi connectivity index (χ2v) is 10.6. The van der Waals surface area contributed by atoms with Gasteiger partial charge in [-0.05, 0) is 62.1 Å². The van der Waals surface area contributed by atoms with Crippen LogP contribution in [0.5, 0.6) is 11.5 Å². The van der Waals surface area contributed by atoms with Gasteiger partial charge in [0.05, 0.1) is 23.5 Å². The van der Waals surface area contributed by atoms with Crippen molar-refractivity contribution in [1.29, 1.82) is 5.26 Å². The number of aromatic nitrogens is 1. The molecule has 1 aliphatic heterocycles. The van der Waals surface area contributed by atoms with Gasteiger partial charge in [-0.25, -0.2) is 9.64 Å². The topological polar surface area (TPSA) is 101 Å². The number of nitrogens with one attached hydrogen (secondary N) is 1. The highest BCUT2D eigenvalue weighted by molar-refractivity contribution is 6.07. The van der Waals surface area contributed by atoms with Crippen molar-refractivity contribution < 1.29 is 19.0 Å². The van der Waals surface area contributed by atoms with Crippen molar-refractivity contribution in [2.24, 2.45) is 4.99 Å². The van der Waals surface area contributed by atoms with Crippen molar-refractivity contribution in [2.75, 3.05) is 6.61 Å². The minimum Gasteiger partial charge on any atom is -0.489 e. The molecule has 2 heterocycles. The molecule has 8 heteroatoms. The van der Waals surface area contributed by atoms with Gasteiger partial charge in [-0.15, -0.1) is 0 Å². The highest BCUT2D eigenvalue weighted by Gasteiger charge is 2.28. The summed E-state index contributed by atoms with van der Waals surface area (Å²) in [6.07, 6.45) is 0. The fourth-order valence-electron chi connectivity index (χ4n) is 5.22. The van der Waals surface area contributed by atoms with Crippen LogP contribution < -0.4 is 9.47 Å². The van der Waals surface area contributed by atoms with Crippen molar-refractivity contribution in [2.45, 2.75) is 40.9 Å². The number of aliphatic imine (C=N–C) groups is 1. The molecule has 3 aromatic carbocycles. The first kappa shape index (κ1) is 30.6. The van der Waals surface area contributed by atoms with E-state index in [4.69, 9.17) is 25.8 Å². The maximum absolute atomic E-state index is 12.8. The molecule has 0 amide bonds. The van der Waals surface area contributed by atoms with Crippen LogP contribution in [0.2, 0.25) is 0 Å². The molecule has 0 fully saturated rings. The third-order valence-electron chi connectivity index (χ3n) is 7.54. The number of benzene rings is 3. The molecule has 0 unspecified atom stereocenters. The van der Waals surface area contributed by atoms with Gasteiger partial charge >= 0.3 is 5.97 Å². The number of hydrogen-bond donors (Lipinski definition) is 1. The number of hydrogen-bond acceptors (Lipinski definition) is 6. The molecule has 1 aromatic heterocycles. The second kappa shape index (κ2) is 13.6. The van der Waals surface area contributed by atoms with E-state index in [9.17, 15) is 10.1 Å². The normalized spacial score (nSPS) is 13.5. The second-order valence-electron chi connectivity index (χ2n) is 10.6. The predicted molar refractivity (Wildman–Crippen MR) is 172 cm³/mol. The molecule has 0 spiro atoms. The van der Waals surface area contributed by atoms with Gasteiger partial charge in [-0.2, -0.15) is 5.26 Å². The number of esters is 1. The van der Waals surface area contributed by atoms with Crippen molar-refractivity contribution >= 4 is 17.3 Å². The van der Waals surface area contributed by atoms with Crippen molar-refractivity contribution in [3.8, 4) is 17.6 Å². The monoisotopic (exact) mass is 596 g/mol. The smallest absolute Gasteiger partial charge is 0.344 e. The molecule has 8 nitrogen and oxygen atoms in total. The van der Waals surface area contributed by atoms with E-state index >= 15 is 0 Å². The Morgan fingerprint density at radius 3 is 2.20 bits per heavy atom. The van der Waals surface area contributed by atoms with Gasteiger partial charge in [-0.3, -0.25) is 4.99 Å². The van der Waals surface area contributed by atoms with Crippen LogP contribution in [0.4, 0.5) is 0 Å². The molecule has 1 aliphatic rings. The fourth-order valence-corrected chi connectivity index (χ4v) is 5.22. The Balaban J connectivity index is 1.58. The van der Waals surface area contributed by atoms with Crippen molar-refractivity contribution in [1.82, 2.24) is 4.98 Å². The van der Waals surface area contributed by atoms with Crippen LogP contribution in [-0.4, -0.2) is 23.3 Å². The summed E-state index contributed by atoms with van der Waals surface area (Å²) in [4.78, 5) is 24.7. The van der Waals surface area contributed by atoms with Crippen LogP contribution in [0.1, 0.15) is 53.1 Å². The summed E-state index contributed by atoms with van der Waals surface area (Å²) in [5, 5.41) is 9.87. The average molecular weight is 597 g/mol. The fraction of sp³-hybridized carbons (Fsp3) is 0.189. The third-order valence-corrected chi connectivity index (χ3v) is 7.54.